The Labute approximate surface area is 92.3 Å². The first-order valence-corrected chi connectivity index (χ1v) is 5.06. The van der Waals surface area contributed by atoms with Gasteiger partial charge in [0.25, 0.3) is 0 Å². The monoisotopic (exact) mass is 210 g/mol. The fourth-order valence-corrected chi connectivity index (χ4v) is 1.95. The first-order valence-electron chi connectivity index (χ1n) is 5.06. The summed E-state index contributed by atoms with van der Waals surface area (Å²) in [5, 5.41) is 13.3. The Morgan fingerprint density at radius 3 is 2.44 bits per heavy atom. The number of benzene rings is 2. The average Bonchev–Trinajstić information content (AvgIpc) is 2.35. The van der Waals surface area contributed by atoms with Crippen LogP contribution >= 0.6 is 0 Å². The largest absolute Gasteiger partial charge is 0.290 e. The van der Waals surface area contributed by atoms with E-state index in [1.165, 1.54) is 5.39 Å². The molecule has 1 heterocycles. The Morgan fingerprint density at radius 2 is 1.69 bits per heavy atom. The van der Waals surface area contributed by atoms with Gasteiger partial charge in [-0.1, -0.05) is 24.3 Å². The molecule has 0 unspecified atom stereocenters. The van der Waals surface area contributed by atoms with E-state index in [2.05, 4.69) is 22.6 Å². The lowest BCUT2D eigenvalue weighted by Crippen LogP contribution is -1.93. The van der Waals surface area contributed by atoms with E-state index in [4.69, 9.17) is 5.21 Å². The van der Waals surface area contributed by atoms with Crippen LogP contribution < -0.4 is 5.48 Å². The number of anilines is 1. The van der Waals surface area contributed by atoms with Gasteiger partial charge in [-0.3, -0.25) is 10.7 Å². The van der Waals surface area contributed by atoms with E-state index in [0.29, 0.717) is 5.82 Å². The van der Waals surface area contributed by atoms with E-state index < -0.39 is 0 Å². The van der Waals surface area contributed by atoms with Gasteiger partial charge in [0.15, 0.2) is 5.82 Å². The molecule has 16 heavy (non-hydrogen) atoms. The second-order valence-corrected chi connectivity index (χ2v) is 3.69. The molecule has 3 aromatic rings. The molecule has 0 atom stereocenters. The lowest BCUT2D eigenvalue weighted by molar-refractivity contribution is 0.387. The van der Waals surface area contributed by atoms with E-state index >= 15 is 0 Å². The summed E-state index contributed by atoms with van der Waals surface area (Å²) in [5.74, 6) is 0.489. The summed E-state index contributed by atoms with van der Waals surface area (Å²) >= 11 is 0. The van der Waals surface area contributed by atoms with E-state index in [0.717, 1.165) is 16.2 Å². The van der Waals surface area contributed by atoms with Crippen molar-refractivity contribution < 1.29 is 5.21 Å². The summed E-state index contributed by atoms with van der Waals surface area (Å²) in [7, 11) is 0. The zero-order valence-corrected chi connectivity index (χ0v) is 8.51. The molecule has 2 aromatic carbocycles. The molecule has 3 rings (SSSR count). The minimum atomic E-state index is 0.489. The maximum Gasteiger partial charge on any atom is 0.157 e. The van der Waals surface area contributed by atoms with Crippen LogP contribution in [-0.4, -0.2) is 10.2 Å². The molecule has 0 spiro atoms. The molecular formula is C13H10N2O. The van der Waals surface area contributed by atoms with E-state index in [1.54, 1.807) is 6.20 Å². The van der Waals surface area contributed by atoms with Gasteiger partial charge in [-0.15, -0.1) is 0 Å². The Balaban J connectivity index is 2.46. The van der Waals surface area contributed by atoms with Crippen LogP contribution in [-0.2, 0) is 0 Å². The van der Waals surface area contributed by atoms with Gasteiger partial charge in [0.05, 0.1) is 0 Å². The molecule has 0 aliphatic rings. The topological polar surface area (TPSA) is 45.1 Å². The first-order chi connectivity index (χ1) is 7.88. The van der Waals surface area contributed by atoms with E-state index in [9.17, 15) is 0 Å². The average molecular weight is 210 g/mol. The molecule has 0 amide bonds. The number of nitrogens with zero attached hydrogens (tertiary/aromatic N) is 1. The molecule has 0 saturated heterocycles. The van der Waals surface area contributed by atoms with Crippen molar-refractivity contribution in [3.63, 3.8) is 0 Å². The number of fused-ring (bicyclic) bond motifs is 2. The first kappa shape index (κ1) is 9.12. The van der Waals surface area contributed by atoms with Gasteiger partial charge in [0, 0.05) is 11.6 Å². The Morgan fingerprint density at radius 1 is 0.938 bits per heavy atom. The van der Waals surface area contributed by atoms with Gasteiger partial charge in [-0.2, -0.15) is 0 Å². The van der Waals surface area contributed by atoms with Crippen LogP contribution in [0.3, 0.4) is 0 Å². The van der Waals surface area contributed by atoms with Crippen molar-refractivity contribution in [3.05, 3.63) is 48.7 Å². The van der Waals surface area contributed by atoms with Gasteiger partial charge >= 0.3 is 0 Å². The minimum absolute atomic E-state index is 0.489. The maximum absolute atomic E-state index is 9.00. The lowest BCUT2D eigenvalue weighted by Gasteiger charge is -2.05. The summed E-state index contributed by atoms with van der Waals surface area (Å²) in [6.07, 6.45) is 1.68. The van der Waals surface area contributed by atoms with Crippen molar-refractivity contribution in [2.45, 2.75) is 0 Å². The van der Waals surface area contributed by atoms with Gasteiger partial charge in [-0.05, 0) is 34.4 Å². The van der Waals surface area contributed by atoms with Crippen LogP contribution in [0.2, 0.25) is 0 Å². The standard InChI is InChI=1S/C13H10N2O/c16-15-13-12-8-10-4-2-1-3-9(10)7-11(12)5-6-14-13/h1-8,16H,(H,14,15). The zero-order chi connectivity index (χ0) is 11.0. The second kappa shape index (κ2) is 3.47. The third-order valence-electron chi connectivity index (χ3n) is 2.74. The molecule has 0 radical (unpaired) electrons. The predicted octanol–water partition coefficient (Wildman–Crippen LogP) is 3.19. The summed E-state index contributed by atoms with van der Waals surface area (Å²) in [5.41, 5.74) is 2.12. The van der Waals surface area contributed by atoms with Gasteiger partial charge in [-0.25, -0.2) is 4.98 Å². The highest BCUT2D eigenvalue weighted by Gasteiger charge is 2.02. The summed E-state index contributed by atoms with van der Waals surface area (Å²) in [6.45, 7) is 0. The number of rotatable bonds is 1. The highest BCUT2D eigenvalue weighted by atomic mass is 16.5. The molecule has 0 bridgehead atoms. The van der Waals surface area contributed by atoms with Gasteiger partial charge in [0.1, 0.15) is 0 Å². The highest BCUT2D eigenvalue weighted by molar-refractivity contribution is 6.02. The number of hydrogen-bond donors (Lipinski definition) is 2. The van der Waals surface area contributed by atoms with Crippen LogP contribution in [0.15, 0.2) is 48.7 Å². The number of nitrogens with one attached hydrogen (secondary N) is 1. The number of aromatic nitrogens is 1. The van der Waals surface area contributed by atoms with E-state index in [1.807, 2.05) is 30.3 Å². The molecule has 78 valence electrons. The quantitative estimate of drug-likeness (QED) is 0.479. The van der Waals surface area contributed by atoms with E-state index in [-0.39, 0.29) is 0 Å². The molecule has 3 heteroatoms. The van der Waals surface area contributed by atoms with Crippen molar-refractivity contribution in [2.75, 3.05) is 5.48 Å². The normalized spacial score (nSPS) is 10.8. The highest BCUT2D eigenvalue weighted by Crippen LogP contribution is 2.26. The Hall–Kier alpha value is -2.13. The lowest BCUT2D eigenvalue weighted by atomic mass is 10.0. The van der Waals surface area contributed by atoms with Crippen LogP contribution in [0.4, 0.5) is 5.82 Å². The van der Waals surface area contributed by atoms with Crippen LogP contribution in [0, 0.1) is 0 Å². The molecule has 1 aromatic heterocycles. The summed E-state index contributed by atoms with van der Waals surface area (Å²) < 4.78 is 0. The molecule has 3 nitrogen and oxygen atoms in total. The Bertz CT molecular complexity index is 664. The molecule has 0 saturated carbocycles. The predicted molar refractivity (Wildman–Crippen MR) is 64.7 cm³/mol. The van der Waals surface area contributed by atoms with Gasteiger partial charge < -0.3 is 0 Å². The van der Waals surface area contributed by atoms with Crippen LogP contribution in [0.1, 0.15) is 0 Å². The minimum Gasteiger partial charge on any atom is -0.290 e. The second-order valence-electron chi connectivity index (χ2n) is 3.69. The SMILES string of the molecule is ONc1nccc2cc3ccccc3cc12. The van der Waals surface area contributed by atoms with Crippen molar-refractivity contribution in [2.24, 2.45) is 0 Å². The fraction of sp³-hybridized carbons (Fsp3) is 0. The van der Waals surface area contributed by atoms with Crippen molar-refractivity contribution >= 4 is 27.4 Å². The van der Waals surface area contributed by atoms with Crippen molar-refractivity contribution in [1.29, 1.82) is 0 Å². The third kappa shape index (κ3) is 1.30. The smallest absolute Gasteiger partial charge is 0.157 e. The molecule has 0 aliphatic carbocycles. The van der Waals surface area contributed by atoms with Crippen molar-refractivity contribution in [1.82, 2.24) is 4.98 Å². The zero-order valence-electron chi connectivity index (χ0n) is 8.51. The molecule has 0 fully saturated rings. The summed E-state index contributed by atoms with van der Waals surface area (Å²) in [4.78, 5) is 4.07. The molecule has 2 N–H and O–H groups in total. The van der Waals surface area contributed by atoms with Gasteiger partial charge in [0.2, 0.25) is 0 Å². The third-order valence-corrected chi connectivity index (χ3v) is 2.74. The number of hydrogen-bond acceptors (Lipinski definition) is 3. The van der Waals surface area contributed by atoms with Crippen molar-refractivity contribution in [3.8, 4) is 0 Å². The van der Waals surface area contributed by atoms with Crippen LogP contribution in [0.25, 0.3) is 21.5 Å². The summed E-state index contributed by atoms with van der Waals surface area (Å²) in [6, 6.07) is 14.2. The Kier molecular flexibility index (Phi) is 1.98. The molecule has 0 aliphatic heterocycles. The molecular weight excluding hydrogens is 200 g/mol. The van der Waals surface area contributed by atoms with Crippen LogP contribution in [0.5, 0.6) is 0 Å². The fourth-order valence-electron chi connectivity index (χ4n) is 1.95. The maximum atomic E-state index is 9.00. The number of pyridine rings is 1.